The normalized spacial score (nSPS) is 24.3. The topological polar surface area (TPSA) is 18.5 Å². The van der Waals surface area contributed by atoms with Crippen molar-refractivity contribution in [3.05, 3.63) is 0 Å². The first-order valence-electron chi connectivity index (χ1n) is 4.66. The molecule has 0 saturated carbocycles. The third-order valence-electron chi connectivity index (χ3n) is 1.94. The quantitative estimate of drug-likeness (QED) is 0.572. The highest BCUT2D eigenvalue weighted by atomic mass is 16.7. The second-order valence-electron chi connectivity index (χ2n) is 3.02. The van der Waals surface area contributed by atoms with Crippen molar-refractivity contribution in [3.8, 4) is 0 Å². The van der Waals surface area contributed by atoms with E-state index in [4.69, 9.17) is 9.47 Å². The summed E-state index contributed by atoms with van der Waals surface area (Å²) in [6.07, 6.45) is 6.08. The van der Waals surface area contributed by atoms with Crippen molar-refractivity contribution in [2.24, 2.45) is 0 Å². The maximum Gasteiger partial charge on any atom is 0.157 e. The molecule has 66 valence electrons. The molecule has 1 fully saturated rings. The lowest BCUT2D eigenvalue weighted by atomic mass is 10.3. The summed E-state index contributed by atoms with van der Waals surface area (Å²) < 4.78 is 10.8. The summed E-state index contributed by atoms with van der Waals surface area (Å²) in [6, 6.07) is 0. The Morgan fingerprint density at radius 1 is 1.45 bits per heavy atom. The summed E-state index contributed by atoms with van der Waals surface area (Å²) in [7, 11) is 0. The van der Waals surface area contributed by atoms with E-state index >= 15 is 0 Å². The van der Waals surface area contributed by atoms with Crippen molar-refractivity contribution < 1.29 is 9.47 Å². The highest BCUT2D eigenvalue weighted by Gasteiger charge is 2.14. The van der Waals surface area contributed by atoms with Crippen LogP contribution in [-0.4, -0.2) is 19.5 Å². The molecule has 1 heterocycles. The Bertz CT molecular complexity index is 87.6. The van der Waals surface area contributed by atoms with Crippen molar-refractivity contribution in [2.75, 3.05) is 13.2 Å². The van der Waals surface area contributed by atoms with Gasteiger partial charge in [0.2, 0.25) is 0 Å². The van der Waals surface area contributed by atoms with E-state index in [-0.39, 0.29) is 6.29 Å². The van der Waals surface area contributed by atoms with Gasteiger partial charge in [0.1, 0.15) is 0 Å². The molecule has 0 aromatic rings. The van der Waals surface area contributed by atoms with E-state index in [0.29, 0.717) is 0 Å². The molecule has 1 unspecified atom stereocenters. The molecule has 0 amide bonds. The highest BCUT2D eigenvalue weighted by molar-refractivity contribution is 4.54. The van der Waals surface area contributed by atoms with E-state index in [1.807, 2.05) is 0 Å². The summed E-state index contributed by atoms with van der Waals surface area (Å²) in [5, 5.41) is 0. The fourth-order valence-electron chi connectivity index (χ4n) is 1.25. The summed E-state index contributed by atoms with van der Waals surface area (Å²) in [5.41, 5.74) is 0. The van der Waals surface area contributed by atoms with Crippen LogP contribution in [0.1, 0.15) is 39.0 Å². The molecule has 0 aromatic carbocycles. The Morgan fingerprint density at radius 3 is 3.00 bits per heavy atom. The molecule has 2 heteroatoms. The molecule has 1 rings (SSSR count). The van der Waals surface area contributed by atoms with Crippen LogP contribution in [0.25, 0.3) is 0 Å². The molecule has 11 heavy (non-hydrogen) atoms. The van der Waals surface area contributed by atoms with Crippen LogP contribution >= 0.6 is 0 Å². The van der Waals surface area contributed by atoms with Crippen LogP contribution in [0.3, 0.4) is 0 Å². The zero-order valence-corrected chi connectivity index (χ0v) is 7.34. The molecule has 1 saturated heterocycles. The fourth-order valence-corrected chi connectivity index (χ4v) is 1.25. The predicted molar refractivity (Wildman–Crippen MR) is 44.5 cm³/mol. The molecule has 0 spiro atoms. The molecule has 0 N–H and O–H groups in total. The van der Waals surface area contributed by atoms with Crippen molar-refractivity contribution in [1.82, 2.24) is 0 Å². The Balaban J connectivity index is 1.86. The van der Waals surface area contributed by atoms with Crippen LogP contribution < -0.4 is 0 Å². The Kier molecular flexibility index (Phi) is 4.55. The lowest BCUT2D eigenvalue weighted by molar-refractivity contribution is -0.111. The van der Waals surface area contributed by atoms with E-state index < -0.39 is 0 Å². The molecule has 1 aliphatic rings. The van der Waals surface area contributed by atoms with Crippen LogP contribution in [-0.2, 0) is 9.47 Å². The minimum absolute atomic E-state index is 0.117. The minimum Gasteiger partial charge on any atom is -0.353 e. The van der Waals surface area contributed by atoms with Crippen molar-refractivity contribution >= 4 is 0 Å². The van der Waals surface area contributed by atoms with Gasteiger partial charge in [-0.05, 0) is 12.8 Å². The second-order valence-corrected chi connectivity index (χ2v) is 3.02. The van der Waals surface area contributed by atoms with Gasteiger partial charge in [0.05, 0.1) is 0 Å². The van der Waals surface area contributed by atoms with Crippen LogP contribution in [0, 0.1) is 0 Å². The van der Waals surface area contributed by atoms with Gasteiger partial charge >= 0.3 is 0 Å². The number of unbranched alkanes of at least 4 members (excludes halogenated alkanes) is 2. The molecular weight excluding hydrogens is 140 g/mol. The van der Waals surface area contributed by atoms with E-state index in [1.54, 1.807) is 0 Å². The van der Waals surface area contributed by atoms with Gasteiger partial charge in [-0.25, -0.2) is 0 Å². The summed E-state index contributed by atoms with van der Waals surface area (Å²) in [5.74, 6) is 0. The van der Waals surface area contributed by atoms with Gasteiger partial charge < -0.3 is 9.47 Å². The maximum absolute atomic E-state index is 5.48. The monoisotopic (exact) mass is 158 g/mol. The SMILES string of the molecule is CCCCCOC1CCCO1. The third kappa shape index (κ3) is 3.73. The molecule has 0 aromatic heterocycles. The molecule has 0 radical (unpaired) electrons. The zero-order valence-electron chi connectivity index (χ0n) is 7.34. The van der Waals surface area contributed by atoms with Gasteiger partial charge in [-0.3, -0.25) is 0 Å². The molecular formula is C9H18O2. The molecule has 2 nitrogen and oxygen atoms in total. The van der Waals surface area contributed by atoms with E-state index in [9.17, 15) is 0 Å². The molecule has 0 aliphatic carbocycles. The average molecular weight is 158 g/mol. The van der Waals surface area contributed by atoms with E-state index in [0.717, 1.165) is 19.6 Å². The smallest absolute Gasteiger partial charge is 0.157 e. The van der Waals surface area contributed by atoms with E-state index in [1.165, 1.54) is 25.7 Å². The van der Waals surface area contributed by atoms with Gasteiger partial charge in [0, 0.05) is 19.6 Å². The number of ether oxygens (including phenoxy) is 2. The van der Waals surface area contributed by atoms with Crippen LogP contribution in [0.4, 0.5) is 0 Å². The predicted octanol–water partition coefficient (Wildman–Crippen LogP) is 2.33. The zero-order chi connectivity index (χ0) is 7.94. The van der Waals surface area contributed by atoms with E-state index in [2.05, 4.69) is 6.92 Å². The average Bonchev–Trinajstić information content (AvgIpc) is 2.50. The maximum atomic E-state index is 5.48. The highest BCUT2D eigenvalue weighted by Crippen LogP contribution is 2.13. The number of hydrogen-bond acceptors (Lipinski definition) is 2. The van der Waals surface area contributed by atoms with Gasteiger partial charge in [-0.1, -0.05) is 19.8 Å². The standard InChI is InChI=1S/C9H18O2/c1-2-3-4-7-10-9-6-5-8-11-9/h9H,2-8H2,1H3. The number of rotatable bonds is 5. The first-order chi connectivity index (χ1) is 5.43. The minimum atomic E-state index is 0.117. The Labute approximate surface area is 68.9 Å². The van der Waals surface area contributed by atoms with Crippen LogP contribution in [0.5, 0.6) is 0 Å². The van der Waals surface area contributed by atoms with Crippen LogP contribution in [0.15, 0.2) is 0 Å². The van der Waals surface area contributed by atoms with Gasteiger partial charge in [0.15, 0.2) is 6.29 Å². The van der Waals surface area contributed by atoms with Crippen LogP contribution in [0.2, 0.25) is 0 Å². The van der Waals surface area contributed by atoms with Gasteiger partial charge in [-0.15, -0.1) is 0 Å². The second kappa shape index (κ2) is 5.56. The van der Waals surface area contributed by atoms with Crippen molar-refractivity contribution in [1.29, 1.82) is 0 Å². The van der Waals surface area contributed by atoms with Gasteiger partial charge in [0.25, 0.3) is 0 Å². The van der Waals surface area contributed by atoms with Crippen molar-refractivity contribution in [3.63, 3.8) is 0 Å². The van der Waals surface area contributed by atoms with Gasteiger partial charge in [-0.2, -0.15) is 0 Å². The first kappa shape index (κ1) is 9.01. The fraction of sp³-hybridized carbons (Fsp3) is 1.00. The molecule has 1 aliphatic heterocycles. The summed E-state index contributed by atoms with van der Waals surface area (Å²) >= 11 is 0. The van der Waals surface area contributed by atoms with Crippen molar-refractivity contribution in [2.45, 2.75) is 45.3 Å². The third-order valence-corrected chi connectivity index (χ3v) is 1.94. The molecule has 0 bridgehead atoms. The Morgan fingerprint density at radius 2 is 2.36 bits per heavy atom. The Hall–Kier alpha value is -0.0800. The largest absolute Gasteiger partial charge is 0.353 e. The lowest BCUT2D eigenvalue weighted by Crippen LogP contribution is -2.11. The summed E-state index contributed by atoms with van der Waals surface area (Å²) in [6.45, 7) is 3.96. The lowest BCUT2D eigenvalue weighted by Gasteiger charge is -2.09. The summed E-state index contributed by atoms with van der Waals surface area (Å²) in [4.78, 5) is 0. The number of hydrogen-bond donors (Lipinski definition) is 0. The first-order valence-corrected chi connectivity index (χ1v) is 4.66. The molecule has 1 atom stereocenters.